The van der Waals surface area contributed by atoms with Gasteiger partial charge in [-0.25, -0.2) is 9.97 Å². The van der Waals surface area contributed by atoms with Gasteiger partial charge in [-0.3, -0.25) is 19.2 Å². The van der Waals surface area contributed by atoms with Crippen LogP contribution >= 0.6 is 0 Å². The quantitative estimate of drug-likeness (QED) is 0.141. The van der Waals surface area contributed by atoms with Crippen molar-refractivity contribution in [1.29, 1.82) is 0 Å². The number of nitrogens with zero attached hydrogens (tertiary/aromatic N) is 4. The molecule has 2 aliphatic rings. The highest BCUT2D eigenvalue weighted by Crippen LogP contribution is 2.25. The third kappa shape index (κ3) is 6.65. The lowest BCUT2D eigenvalue weighted by Crippen LogP contribution is -2.43. The summed E-state index contributed by atoms with van der Waals surface area (Å²) in [6, 6.07) is 28.7. The number of fused-ring (bicyclic) bond motifs is 2. The van der Waals surface area contributed by atoms with Crippen LogP contribution in [0.15, 0.2) is 97.1 Å². The number of aromatic amines is 2. The van der Waals surface area contributed by atoms with Gasteiger partial charge >= 0.3 is 0 Å². The number of carbonyl (C=O) groups is 4. The van der Waals surface area contributed by atoms with Crippen LogP contribution in [0.2, 0.25) is 0 Å². The van der Waals surface area contributed by atoms with Gasteiger partial charge in [0.2, 0.25) is 11.8 Å². The molecule has 0 radical (unpaired) electrons. The van der Waals surface area contributed by atoms with Crippen molar-refractivity contribution in [2.24, 2.45) is 0 Å². The molecule has 0 bridgehead atoms. The number of aromatic nitrogens is 4. The summed E-state index contributed by atoms with van der Waals surface area (Å²) in [4.78, 5) is 71.1. The zero-order chi connectivity index (χ0) is 35.6. The predicted octanol–water partition coefficient (Wildman–Crippen LogP) is 6.10. The Morgan fingerprint density at radius 3 is 1.38 bits per heavy atom. The van der Waals surface area contributed by atoms with E-state index in [1.54, 1.807) is 9.80 Å². The van der Waals surface area contributed by atoms with Crippen molar-refractivity contribution < 1.29 is 19.2 Å². The Bertz CT molecular complexity index is 2100. The van der Waals surface area contributed by atoms with E-state index in [0.717, 1.165) is 35.0 Å². The van der Waals surface area contributed by atoms with Crippen molar-refractivity contribution in [3.8, 4) is 0 Å². The first kappa shape index (κ1) is 32.6. The molecule has 260 valence electrons. The van der Waals surface area contributed by atoms with Crippen LogP contribution in [0.3, 0.4) is 0 Å². The number of para-hydroxylation sites is 4. The standard InChI is InChI=1S/C40H36N8O4/c49-37(33-11-5-23-47(33)39(51)35-43-29-7-1-2-8-30(29)44-35)41-27-19-15-25(16-20-27)13-14-26-17-21-28(22-18-26)42-38(50)34-12-6-24-48(34)40(52)36-45-31-9-3-4-10-32(31)46-36/h1-4,7-10,13-22,33-34H,5-6,11-12,23-24H2,(H,41,49)(H,42,50)(H,43,44)(H,45,46)/b14-13+/t33-,34-/m0/s1. The van der Waals surface area contributed by atoms with Gasteiger partial charge in [-0.05, 0) is 85.3 Å². The summed E-state index contributed by atoms with van der Waals surface area (Å²) in [5, 5.41) is 5.93. The number of likely N-dealkylation sites (tertiary alicyclic amines) is 2. The fourth-order valence-electron chi connectivity index (χ4n) is 6.94. The molecule has 0 aliphatic carbocycles. The summed E-state index contributed by atoms with van der Waals surface area (Å²) in [6.07, 6.45) is 6.58. The van der Waals surface area contributed by atoms with Crippen LogP contribution < -0.4 is 10.6 Å². The molecule has 0 spiro atoms. The average molecular weight is 693 g/mol. The first-order valence-electron chi connectivity index (χ1n) is 17.4. The number of amides is 4. The molecule has 4 heterocycles. The fraction of sp³-hybridized carbons (Fsp3) is 0.200. The minimum atomic E-state index is -0.574. The van der Waals surface area contributed by atoms with Gasteiger partial charge in [0.25, 0.3) is 11.8 Å². The number of hydrogen-bond acceptors (Lipinski definition) is 6. The van der Waals surface area contributed by atoms with Crippen LogP contribution in [0.5, 0.6) is 0 Å². The van der Waals surface area contributed by atoms with E-state index in [4.69, 9.17) is 0 Å². The zero-order valence-electron chi connectivity index (χ0n) is 28.2. The molecule has 12 nitrogen and oxygen atoms in total. The van der Waals surface area contributed by atoms with E-state index in [9.17, 15) is 19.2 Å². The van der Waals surface area contributed by atoms with Crippen LogP contribution in [0.25, 0.3) is 34.2 Å². The molecule has 4 N–H and O–H groups in total. The number of nitrogens with one attached hydrogen (secondary N) is 4. The van der Waals surface area contributed by atoms with Crippen molar-refractivity contribution in [3.63, 3.8) is 0 Å². The van der Waals surface area contributed by atoms with E-state index < -0.39 is 12.1 Å². The van der Waals surface area contributed by atoms with Crippen molar-refractivity contribution in [1.82, 2.24) is 29.7 Å². The first-order chi connectivity index (χ1) is 25.4. The summed E-state index contributed by atoms with van der Waals surface area (Å²) in [7, 11) is 0. The smallest absolute Gasteiger partial charge is 0.290 e. The number of carbonyl (C=O) groups excluding carboxylic acids is 4. The molecule has 0 saturated carbocycles. The first-order valence-corrected chi connectivity index (χ1v) is 17.4. The molecule has 8 rings (SSSR count). The number of benzene rings is 4. The lowest BCUT2D eigenvalue weighted by atomic mass is 10.1. The Hall–Kier alpha value is -6.56. The maximum atomic E-state index is 13.3. The van der Waals surface area contributed by atoms with Gasteiger partial charge in [0.1, 0.15) is 12.1 Å². The largest absolute Gasteiger partial charge is 0.334 e. The molecule has 2 aromatic heterocycles. The highest BCUT2D eigenvalue weighted by Gasteiger charge is 2.37. The maximum absolute atomic E-state index is 13.3. The second kappa shape index (κ2) is 14.0. The molecule has 6 aromatic rings. The van der Waals surface area contributed by atoms with E-state index in [1.165, 1.54) is 0 Å². The number of imidazole rings is 2. The van der Waals surface area contributed by atoms with Gasteiger partial charge in [-0.2, -0.15) is 0 Å². The fourth-order valence-corrected chi connectivity index (χ4v) is 6.94. The Morgan fingerprint density at radius 2 is 0.981 bits per heavy atom. The summed E-state index contributed by atoms with van der Waals surface area (Å²) in [5.74, 6) is -0.540. The summed E-state index contributed by atoms with van der Waals surface area (Å²) in [5.41, 5.74) is 6.15. The normalized spacial score (nSPS) is 17.3. The minimum Gasteiger partial charge on any atom is -0.334 e. The van der Waals surface area contributed by atoms with Crippen LogP contribution in [0.4, 0.5) is 11.4 Å². The van der Waals surface area contributed by atoms with Crippen LogP contribution in [-0.4, -0.2) is 78.5 Å². The maximum Gasteiger partial charge on any atom is 0.290 e. The van der Waals surface area contributed by atoms with Gasteiger partial charge in [-0.15, -0.1) is 0 Å². The molecular weight excluding hydrogens is 656 g/mol. The topological polar surface area (TPSA) is 156 Å². The van der Waals surface area contributed by atoms with Crippen molar-refractivity contribution in [3.05, 3.63) is 120 Å². The Labute approximate surface area is 298 Å². The van der Waals surface area contributed by atoms with E-state index in [-0.39, 0.29) is 35.3 Å². The average Bonchev–Trinajstić information content (AvgIpc) is 4.00. The Balaban J connectivity index is 0.844. The monoisotopic (exact) mass is 692 g/mol. The van der Waals surface area contributed by atoms with Crippen molar-refractivity contribution in [2.45, 2.75) is 37.8 Å². The molecule has 2 saturated heterocycles. The highest BCUT2D eigenvalue weighted by atomic mass is 16.2. The minimum absolute atomic E-state index is 0.226. The lowest BCUT2D eigenvalue weighted by molar-refractivity contribution is -0.120. The molecule has 52 heavy (non-hydrogen) atoms. The molecule has 0 unspecified atom stereocenters. The third-order valence-corrected chi connectivity index (χ3v) is 9.64. The SMILES string of the molecule is O=C(Nc1ccc(/C=C/c2ccc(NC(=O)[C@@H]3CCCN3C(=O)c3nc4ccccc4[nH]3)cc2)cc1)[C@@H]1CCCN1C(=O)c1nc2ccccc2[nH]1. The van der Waals surface area contributed by atoms with Gasteiger partial charge < -0.3 is 30.4 Å². The van der Waals surface area contributed by atoms with E-state index in [1.807, 2.05) is 109 Å². The molecule has 12 heteroatoms. The molecule has 2 fully saturated rings. The molecule has 4 amide bonds. The zero-order valence-corrected chi connectivity index (χ0v) is 28.2. The summed E-state index contributed by atoms with van der Waals surface area (Å²) in [6.45, 7) is 0.991. The molecule has 2 aliphatic heterocycles. The van der Waals surface area contributed by atoms with Crippen LogP contribution in [0, 0.1) is 0 Å². The molecule has 2 atom stereocenters. The van der Waals surface area contributed by atoms with Crippen molar-refractivity contribution >= 4 is 69.2 Å². The third-order valence-electron chi connectivity index (χ3n) is 9.64. The second-order valence-electron chi connectivity index (χ2n) is 13.1. The number of hydrogen-bond donors (Lipinski definition) is 4. The molecular formula is C40H36N8O4. The Kier molecular flexibility index (Phi) is 8.78. The van der Waals surface area contributed by atoms with E-state index in [2.05, 4.69) is 30.6 Å². The van der Waals surface area contributed by atoms with Crippen LogP contribution in [0.1, 0.15) is 58.0 Å². The van der Waals surface area contributed by atoms with Crippen LogP contribution in [-0.2, 0) is 9.59 Å². The number of H-pyrrole nitrogens is 2. The number of anilines is 2. The summed E-state index contributed by atoms with van der Waals surface area (Å²) >= 11 is 0. The van der Waals surface area contributed by atoms with Gasteiger partial charge in [-0.1, -0.05) is 60.7 Å². The summed E-state index contributed by atoms with van der Waals surface area (Å²) < 4.78 is 0. The number of rotatable bonds is 8. The predicted molar refractivity (Wildman–Crippen MR) is 199 cm³/mol. The molecule has 4 aromatic carbocycles. The second-order valence-corrected chi connectivity index (χ2v) is 13.1. The van der Waals surface area contributed by atoms with E-state index >= 15 is 0 Å². The van der Waals surface area contributed by atoms with E-state index in [0.29, 0.717) is 48.3 Å². The lowest BCUT2D eigenvalue weighted by Gasteiger charge is -2.23. The Morgan fingerprint density at radius 1 is 0.577 bits per heavy atom. The van der Waals surface area contributed by atoms with Gasteiger partial charge in [0, 0.05) is 24.5 Å². The van der Waals surface area contributed by atoms with Gasteiger partial charge in [0.15, 0.2) is 11.6 Å². The van der Waals surface area contributed by atoms with Crippen molar-refractivity contribution in [2.75, 3.05) is 23.7 Å². The highest BCUT2D eigenvalue weighted by molar-refractivity contribution is 6.02. The van der Waals surface area contributed by atoms with Gasteiger partial charge in [0.05, 0.1) is 22.1 Å².